The number of unbranched alkanes of at least 4 members (excludes halogenated alkanes) is 1. The highest BCUT2D eigenvalue weighted by atomic mass is 15.1. The molecule has 0 saturated heterocycles. The summed E-state index contributed by atoms with van der Waals surface area (Å²) in [5.74, 6) is 0. The summed E-state index contributed by atoms with van der Waals surface area (Å²) in [5.41, 5.74) is 2.54. The van der Waals surface area contributed by atoms with Crippen molar-refractivity contribution in [1.29, 1.82) is 5.26 Å². The van der Waals surface area contributed by atoms with Gasteiger partial charge in [0.05, 0.1) is 12.5 Å². The molecular formula is C23H33N3. The maximum atomic E-state index is 8.48. The van der Waals surface area contributed by atoms with Crippen LogP contribution in [0.3, 0.4) is 0 Å². The fraction of sp³-hybridized carbons (Fsp3) is 0.435. The first kappa shape index (κ1) is 21.6. The number of anilines is 2. The van der Waals surface area contributed by atoms with Crippen LogP contribution in [0.4, 0.5) is 11.4 Å². The van der Waals surface area contributed by atoms with Gasteiger partial charge in [0.2, 0.25) is 0 Å². The maximum absolute atomic E-state index is 8.48. The topological polar surface area (TPSA) is 30.3 Å². The molecule has 0 aromatic heterocycles. The van der Waals surface area contributed by atoms with E-state index in [1.807, 2.05) is 18.2 Å². The third-order valence-corrected chi connectivity index (χ3v) is 4.28. The van der Waals surface area contributed by atoms with Gasteiger partial charge in [-0.2, -0.15) is 5.26 Å². The highest BCUT2D eigenvalue weighted by molar-refractivity contribution is 5.46. The Morgan fingerprint density at radius 1 is 0.731 bits per heavy atom. The number of nitriles is 1. The van der Waals surface area contributed by atoms with E-state index in [1.165, 1.54) is 30.8 Å². The number of nitrogens with zero attached hydrogens (tertiary/aromatic N) is 3. The van der Waals surface area contributed by atoms with E-state index in [1.54, 1.807) is 0 Å². The number of benzene rings is 2. The van der Waals surface area contributed by atoms with Crippen molar-refractivity contribution in [3.8, 4) is 6.07 Å². The first-order valence-corrected chi connectivity index (χ1v) is 9.73. The fourth-order valence-corrected chi connectivity index (χ4v) is 2.75. The summed E-state index contributed by atoms with van der Waals surface area (Å²) < 4.78 is 0. The van der Waals surface area contributed by atoms with Crippen LogP contribution in [0.1, 0.15) is 40.0 Å². The average molecular weight is 352 g/mol. The van der Waals surface area contributed by atoms with Crippen LogP contribution in [0.5, 0.6) is 0 Å². The highest BCUT2D eigenvalue weighted by Crippen LogP contribution is 2.13. The van der Waals surface area contributed by atoms with Gasteiger partial charge in [-0.15, -0.1) is 0 Å². The zero-order chi connectivity index (χ0) is 19.0. The highest BCUT2D eigenvalue weighted by Gasteiger charge is 2.01. The predicted molar refractivity (Wildman–Crippen MR) is 114 cm³/mol. The van der Waals surface area contributed by atoms with Crippen molar-refractivity contribution in [2.45, 2.75) is 40.0 Å². The van der Waals surface area contributed by atoms with Gasteiger partial charge in [-0.05, 0) is 44.5 Å². The molecule has 0 saturated carbocycles. The van der Waals surface area contributed by atoms with Gasteiger partial charge in [-0.25, -0.2) is 0 Å². The summed E-state index contributed by atoms with van der Waals surface area (Å²) >= 11 is 0. The smallest absolute Gasteiger partial charge is 0.0640 e. The fourth-order valence-electron chi connectivity index (χ4n) is 2.75. The van der Waals surface area contributed by atoms with Gasteiger partial charge in [0.15, 0.2) is 0 Å². The molecule has 2 aromatic rings. The minimum absolute atomic E-state index is 0.586. The molecule has 0 N–H and O–H groups in total. The number of para-hydroxylation sites is 2. The number of hydrogen-bond acceptors (Lipinski definition) is 3. The van der Waals surface area contributed by atoms with Crippen LogP contribution in [0.25, 0.3) is 0 Å². The van der Waals surface area contributed by atoms with Gasteiger partial charge >= 0.3 is 0 Å². The Morgan fingerprint density at radius 3 is 1.58 bits per heavy atom. The quantitative estimate of drug-likeness (QED) is 0.577. The van der Waals surface area contributed by atoms with Crippen LogP contribution in [-0.2, 0) is 0 Å². The molecule has 0 atom stereocenters. The first-order chi connectivity index (χ1) is 12.8. The van der Waals surface area contributed by atoms with Crippen molar-refractivity contribution in [2.24, 2.45) is 0 Å². The summed E-state index contributed by atoms with van der Waals surface area (Å²) in [7, 11) is 0. The molecule has 0 aliphatic rings. The standard InChI is InChI=1S/C12H19N.C11H14N2/c1-3-5-11-13(4-2)12-9-7-6-8-10-12;1-2-13(10-6-9-12)11-7-4-3-5-8-11/h6-10H,3-5,11H2,1-2H3;3-5,7-8H,2,6,10H2,1H3. The molecule has 26 heavy (non-hydrogen) atoms. The van der Waals surface area contributed by atoms with Crippen LogP contribution in [-0.4, -0.2) is 26.2 Å². The van der Waals surface area contributed by atoms with E-state index < -0.39 is 0 Å². The lowest BCUT2D eigenvalue weighted by Gasteiger charge is -2.22. The van der Waals surface area contributed by atoms with Crippen molar-refractivity contribution < 1.29 is 0 Å². The lowest BCUT2D eigenvalue weighted by Crippen LogP contribution is -2.23. The van der Waals surface area contributed by atoms with Gasteiger partial charge in [0.1, 0.15) is 0 Å². The molecule has 0 radical (unpaired) electrons. The molecule has 0 unspecified atom stereocenters. The van der Waals surface area contributed by atoms with E-state index in [0.29, 0.717) is 6.42 Å². The molecule has 0 aliphatic carbocycles. The Hall–Kier alpha value is -2.47. The molecule has 0 amide bonds. The van der Waals surface area contributed by atoms with Gasteiger partial charge < -0.3 is 9.80 Å². The Kier molecular flexibility index (Phi) is 11.4. The Labute approximate surface area is 159 Å². The molecule has 0 heterocycles. The van der Waals surface area contributed by atoms with Crippen LogP contribution >= 0.6 is 0 Å². The van der Waals surface area contributed by atoms with Crippen LogP contribution in [0.2, 0.25) is 0 Å². The maximum Gasteiger partial charge on any atom is 0.0640 e. The van der Waals surface area contributed by atoms with Crippen LogP contribution in [0.15, 0.2) is 60.7 Å². The zero-order valence-corrected chi connectivity index (χ0v) is 16.6. The van der Waals surface area contributed by atoms with E-state index in [9.17, 15) is 0 Å². The average Bonchev–Trinajstić information content (AvgIpc) is 2.71. The molecule has 3 heteroatoms. The minimum atomic E-state index is 0.586. The van der Waals surface area contributed by atoms with Crippen molar-refractivity contribution in [3.63, 3.8) is 0 Å². The van der Waals surface area contributed by atoms with Gasteiger partial charge in [-0.3, -0.25) is 0 Å². The zero-order valence-electron chi connectivity index (χ0n) is 16.6. The molecule has 0 fully saturated rings. The second-order valence-corrected chi connectivity index (χ2v) is 6.09. The Balaban J connectivity index is 0.000000260. The molecule has 2 aromatic carbocycles. The van der Waals surface area contributed by atoms with Gasteiger partial charge in [-0.1, -0.05) is 49.7 Å². The molecule has 0 aliphatic heterocycles. The Bertz CT molecular complexity index is 604. The number of rotatable bonds is 9. The summed E-state index contributed by atoms with van der Waals surface area (Å²) in [5, 5.41) is 8.48. The van der Waals surface area contributed by atoms with Crippen molar-refractivity contribution in [3.05, 3.63) is 60.7 Å². The third kappa shape index (κ3) is 8.07. The second kappa shape index (κ2) is 13.8. The molecule has 140 valence electrons. The van der Waals surface area contributed by atoms with Crippen LogP contribution < -0.4 is 9.80 Å². The first-order valence-electron chi connectivity index (χ1n) is 9.73. The summed E-state index contributed by atoms with van der Waals surface area (Å²) in [4.78, 5) is 4.62. The van der Waals surface area contributed by atoms with Crippen LogP contribution in [0, 0.1) is 11.3 Å². The van der Waals surface area contributed by atoms with E-state index in [2.05, 4.69) is 79.1 Å². The molecular weight excluding hydrogens is 318 g/mol. The summed E-state index contributed by atoms with van der Waals surface area (Å²) in [6.07, 6.45) is 3.13. The van der Waals surface area contributed by atoms with E-state index in [0.717, 1.165) is 19.6 Å². The minimum Gasteiger partial charge on any atom is -0.372 e. The van der Waals surface area contributed by atoms with Crippen molar-refractivity contribution >= 4 is 11.4 Å². The third-order valence-electron chi connectivity index (χ3n) is 4.28. The van der Waals surface area contributed by atoms with Gasteiger partial charge in [0, 0.05) is 37.6 Å². The van der Waals surface area contributed by atoms with Crippen molar-refractivity contribution in [1.82, 2.24) is 0 Å². The van der Waals surface area contributed by atoms with Gasteiger partial charge in [0.25, 0.3) is 0 Å². The van der Waals surface area contributed by atoms with E-state index in [-0.39, 0.29) is 0 Å². The Morgan fingerprint density at radius 2 is 1.19 bits per heavy atom. The predicted octanol–water partition coefficient (Wildman–Crippen LogP) is 5.74. The summed E-state index contributed by atoms with van der Waals surface area (Å²) in [6.45, 7) is 10.6. The lowest BCUT2D eigenvalue weighted by atomic mass is 10.2. The molecule has 0 spiro atoms. The monoisotopic (exact) mass is 351 g/mol. The van der Waals surface area contributed by atoms with Crippen molar-refractivity contribution in [2.75, 3.05) is 36.0 Å². The SMILES string of the molecule is CCCCN(CC)c1ccccc1.CCN(CCC#N)c1ccccc1. The molecule has 3 nitrogen and oxygen atoms in total. The second-order valence-electron chi connectivity index (χ2n) is 6.09. The molecule has 0 bridgehead atoms. The van der Waals surface area contributed by atoms with E-state index in [4.69, 9.17) is 5.26 Å². The summed E-state index contributed by atoms with van der Waals surface area (Å²) in [6, 6.07) is 23.0. The largest absolute Gasteiger partial charge is 0.372 e. The molecule has 2 rings (SSSR count). The normalized spacial score (nSPS) is 9.62. The number of hydrogen-bond donors (Lipinski definition) is 0. The lowest BCUT2D eigenvalue weighted by molar-refractivity contribution is 0.732. The van der Waals surface area contributed by atoms with E-state index >= 15 is 0 Å².